The smallest absolute Gasteiger partial charge is 0.220 e. The minimum Gasteiger partial charge on any atom is -0.391 e. The van der Waals surface area contributed by atoms with Crippen LogP contribution in [0.25, 0.3) is 0 Å². The van der Waals surface area contributed by atoms with Crippen LogP contribution in [0.4, 0.5) is 0 Å². The van der Waals surface area contributed by atoms with E-state index in [9.17, 15) is 9.90 Å². The summed E-state index contributed by atoms with van der Waals surface area (Å²) in [5.74, 6) is 0.390. The zero-order valence-electron chi connectivity index (χ0n) is 12.4. The van der Waals surface area contributed by atoms with Crippen molar-refractivity contribution in [2.75, 3.05) is 6.54 Å². The second-order valence-corrected chi connectivity index (χ2v) is 6.08. The number of aliphatic hydroxyl groups excluding tert-OH is 1. The van der Waals surface area contributed by atoms with Crippen molar-refractivity contribution in [1.82, 2.24) is 5.32 Å². The first kappa shape index (κ1) is 17.0. The molecule has 0 aliphatic carbocycles. The maximum Gasteiger partial charge on any atom is 0.220 e. The molecule has 1 amide bonds. The van der Waals surface area contributed by atoms with E-state index in [1.807, 2.05) is 39.0 Å². The van der Waals surface area contributed by atoms with Crippen LogP contribution in [0.15, 0.2) is 18.2 Å². The first-order valence-corrected chi connectivity index (χ1v) is 7.46. The van der Waals surface area contributed by atoms with Gasteiger partial charge in [0.15, 0.2) is 0 Å². The second kappa shape index (κ2) is 8.28. The van der Waals surface area contributed by atoms with Gasteiger partial charge in [-0.15, -0.1) is 0 Å². The summed E-state index contributed by atoms with van der Waals surface area (Å²) in [4.78, 5) is 11.7. The van der Waals surface area contributed by atoms with Gasteiger partial charge in [-0.05, 0) is 42.9 Å². The third-order valence-electron chi connectivity index (χ3n) is 3.16. The number of nitrogens with one attached hydrogen (secondary N) is 1. The van der Waals surface area contributed by atoms with Gasteiger partial charge >= 0.3 is 0 Å². The maximum absolute atomic E-state index is 11.7. The quantitative estimate of drug-likeness (QED) is 0.812. The van der Waals surface area contributed by atoms with Gasteiger partial charge in [0.05, 0.1) is 6.10 Å². The number of halogens is 1. The lowest BCUT2D eigenvalue weighted by Gasteiger charge is -2.13. The minimum absolute atomic E-state index is 0.0375. The SMILES string of the molecule is Cc1ccc(CCC(=O)NCC(O)CC(C)C)cc1Cl. The third-order valence-corrected chi connectivity index (χ3v) is 3.56. The number of rotatable bonds is 7. The molecule has 3 nitrogen and oxygen atoms in total. The summed E-state index contributed by atoms with van der Waals surface area (Å²) in [6, 6.07) is 5.85. The molecule has 0 radical (unpaired) electrons. The molecular formula is C16H24ClNO2. The average Bonchev–Trinajstić information content (AvgIpc) is 2.37. The molecule has 20 heavy (non-hydrogen) atoms. The highest BCUT2D eigenvalue weighted by molar-refractivity contribution is 6.31. The second-order valence-electron chi connectivity index (χ2n) is 5.67. The Morgan fingerprint density at radius 2 is 2.10 bits per heavy atom. The first-order valence-electron chi connectivity index (χ1n) is 7.08. The van der Waals surface area contributed by atoms with Crippen LogP contribution >= 0.6 is 11.6 Å². The lowest BCUT2D eigenvalue weighted by molar-refractivity contribution is -0.121. The Hall–Kier alpha value is -1.06. The van der Waals surface area contributed by atoms with Crippen LogP contribution in [-0.2, 0) is 11.2 Å². The molecule has 1 rings (SSSR count). The van der Waals surface area contributed by atoms with Crippen molar-refractivity contribution in [3.63, 3.8) is 0 Å². The molecule has 112 valence electrons. The van der Waals surface area contributed by atoms with Gasteiger partial charge in [0.1, 0.15) is 0 Å². The van der Waals surface area contributed by atoms with Crippen molar-refractivity contribution in [3.05, 3.63) is 34.3 Å². The molecule has 1 atom stereocenters. The van der Waals surface area contributed by atoms with Crippen molar-refractivity contribution in [3.8, 4) is 0 Å². The predicted octanol–water partition coefficient (Wildman–Crippen LogP) is 3.10. The van der Waals surface area contributed by atoms with Crippen LogP contribution in [0.5, 0.6) is 0 Å². The molecule has 0 aromatic heterocycles. The highest BCUT2D eigenvalue weighted by Gasteiger charge is 2.09. The van der Waals surface area contributed by atoms with Gasteiger partial charge in [-0.25, -0.2) is 0 Å². The van der Waals surface area contributed by atoms with Crippen molar-refractivity contribution in [1.29, 1.82) is 0 Å². The molecule has 0 saturated heterocycles. The van der Waals surface area contributed by atoms with Gasteiger partial charge in [-0.1, -0.05) is 37.6 Å². The Morgan fingerprint density at radius 1 is 1.40 bits per heavy atom. The Kier molecular flexibility index (Phi) is 7.03. The minimum atomic E-state index is -0.465. The van der Waals surface area contributed by atoms with Crippen molar-refractivity contribution in [2.45, 2.75) is 46.1 Å². The summed E-state index contributed by atoms with van der Waals surface area (Å²) in [5, 5.41) is 13.2. The molecule has 0 fully saturated rings. The summed E-state index contributed by atoms with van der Waals surface area (Å²) >= 11 is 6.05. The van der Waals surface area contributed by atoms with Gasteiger partial charge < -0.3 is 10.4 Å². The summed E-state index contributed by atoms with van der Waals surface area (Å²) < 4.78 is 0. The van der Waals surface area contributed by atoms with Gasteiger partial charge in [0.2, 0.25) is 5.91 Å². The number of carbonyl (C=O) groups is 1. The van der Waals surface area contributed by atoms with Crippen LogP contribution < -0.4 is 5.32 Å². The molecule has 0 heterocycles. The van der Waals surface area contributed by atoms with E-state index in [2.05, 4.69) is 5.32 Å². The van der Waals surface area contributed by atoms with Crippen molar-refractivity contribution in [2.24, 2.45) is 5.92 Å². The van der Waals surface area contributed by atoms with E-state index in [4.69, 9.17) is 11.6 Å². The molecule has 0 aliphatic heterocycles. The van der Waals surface area contributed by atoms with Gasteiger partial charge in [0.25, 0.3) is 0 Å². The number of carbonyl (C=O) groups excluding carboxylic acids is 1. The highest BCUT2D eigenvalue weighted by Crippen LogP contribution is 2.17. The van der Waals surface area contributed by atoms with E-state index in [1.165, 1.54) is 0 Å². The number of aryl methyl sites for hydroxylation is 2. The Labute approximate surface area is 126 Å². The number of amides is 1. The fourth-order valence-corrected chi connectivity index (χ4v) is 2.20. The molecule has 0 spiro atoms. The van der Waals surface area contributed by atoms with Gasteiger partial charge in [-0.2, -0.15) is 0 Å². The molecule has 0 aliphatic rings. The fraction of sp³-hybridized carbons (Fsp3) is 0.562. The summed E-state index contributed by atoms with van der Waals surface area (Å²) in [7, 11) is 0. The van der Waals surface area contributed by atoms with Crippen LogP contribution in [0.2, 0.25) is 5.02 Å². The van der Waals surface area contributed by atoms with Crippen LogP contribution in [0, 0.1) is 12.8 Å². The Morgan fingerprint density at radius 3 is 2.70 bits per heavy atom. The summed E-state index contributed by atoms with van der Waals surface area (Å²) in [6.45, 7) is 6.37. The normalized spacial score (nSPS) is 12.5. The van der Waals surface area contributed by atoms with E-state index < -0.39 is 6.10 Å². The fourth-order valence-electron chi connectivity index (χ4n) is 2.00. The number of benzene rings is 1. The van der Waals surface area contributed by atoms with Crippen LogP contribution in [-0.4, -0.2) is 23.7 Å². The standard InChI is InChI=1S/C16H24ClNO2/c1-11(2)8-14(19)10-18-16(20)7-6-13-5-4-12(3)15(17)9-13/h4-5,9,11,14,19H,6-8,10H2,1-3H3,(H,18,20). The zero-order valence-corrected chi connectivity index (χ0v) is 13.2. The number of hydrogen-bond donors (Lipinski definition) is 2. The Bertz CT molecular complexity index is 446. The topological polar surface area (TPSA) is 49.3 Å². The maximum atomic E-state index is 11.7. The molecule has 1 unspecified atom stereocenters. The van der Waals surface area contributed by atoms with Gasteiger partial charge in [-0.3, -0.25) is 4.79 Å². The molecule has 4 heteroatoms. The molecule has 0 saturated carbocycles. The molecular weight excluding hydrogens is 274 g/mol. The third kappa shape index (κ3) is 6.40. The highest BCUT2D eigenvalue weighted by atomic mass is 35.5. The summed E-state index contributed by atoms with van der Waals surface area (Å²) in [5.41, 5.74) is 2.09. The van der Waals surface area contributed by atoms with E-state index in [0.29, 0.717) is 31.7 Å². The molecule has 2 N–H and O–H groups in total. The van der Waals surface area contributed by atoms with E-state index in [-0.39, 0.29) is 5.91 Å². The molecule has 1 aromatic carbocycles. The molecule has 0 bridgehead atoms. The molecule has 1 aromatic rings. The number of hydrogen-bond acceptors (Lipinski definition) is 2. The van der Waals surface area contributed by atoms with Crippen LogP contribution in [0.3, 0.4) is 0 Å². The van der Waals surface area contributed by atoms with E-state index in [0.717, 1.165) is 16.1 Å². The number of aliphatic hydroxyl groups is 1. The van der Waals surface area contributed by atoms with Gasteiger partial charge in [0, 0.05) is 18.0 Å². The predicted molar refractivity (Wildman–Crippen MR) is 83.0 cm³/mol. The van der Waals surface area contributed by atoms with E-state index in [1.54, 1.807) is 0 Å². The van der Waals surface area contributed by atoms with Crippen LogP contribution in [0.1, 0.15) is 37.8 Å². The average molecular weight is 298 g/mol. The van der Waals surface area contributed by atoms with Crippen molar-refractivity contribution >= 4 is 17.5 Å². The van der Waals surface area contributed by atoms with E-state index >= 15 is 0 Å². The Balaban J connectivity index is 2.31. The summed E-state index contributed by atoms with van der Waals surface area (Å²) in [6.07, 6.45) is 1.31. The first-order chi connectivity index (χ1) is 9.38. The zero-order chi connectivity index (χ0) is 15.1. The van der Waals surface area contributed by atoms with Crippen molar-refractivity contribution < 1.29 is 9.90 Å². The lowest BCUT2D eigenvalue weighted by atomic mass is 10.1. The lowest BCUT2D eigenvalue weighted by Crippen LogP contribution is -2.32. The largest absolute Gasteiger partial charge is 0.391 e. The monoisotopic (exact) mass is 297 g/mol.